The van der Waals surface area contributed by atoms with Crippen LogP contribution in [-0.2, 0) is 11.7 Å². The zero-order valence-corrected chi connectivity index (χ0v) is 10.0. The first-order valence-electron chi connectivity index (χ1n) is 4.99. The molecule has 1 saturated carbocycles. The van der Waals surface area contributed by atoms with Crippen molar-refractivity contribution in [1.82, 2.24) is 0 Å². The third-order valence-corrected chi connectivity index (χ3v) is 3.73. The summed E-state index contributed by atoms with van der Waals surface area (Å²) >= 11 is 3.17. The van der Waals surface area contributed by atoms with Crippen molar-refractivity contribution in [2.24, 2.45) is 5.73 Å². The van der Waals surface area contributed by atoms with Crippen LogP contribution in [0, 0.1) is 0 Å². The van der Waals surface area contributed by atoms with Crippen molar-refractivity contribution in [3.05, 3.63) is 33.8 Å². The SMILES string of the molecule is NC1(c2ccc(C(F)(F)F)cc2Br)CCC1. The second-order valence-electron chi connectivity index (χ2n) is 4.20. The maximum absolute atomic E-state index is 12.4. The van der Waals surface area contributed by atoms with E-state index in [1.807, 2.05) is 0 Å². The highest BCUT2D eigenvalue weighted by atomic mass is 79.9. The van der Waals surface area contributed by atoms with E-state index in [-0.39, 0.29) is 0 Å². The summed E-state index contributed by atoms with van der Waals surface area (Å²) in [6.07, 6.45) is -1.61. The van der Waals surface area contributed by atoms with Crippen LogP contribution in [0.25, 0.3) is 0 Å². The third kappa shape index (κ3) is 1.98. The molecular formula is C11H11BrF3N. The molecule has 0 heterocycles. The predicted molar refractivity (Wildman–Crippen MR) is 58.9 cm³/mol. The van der Waals surface area contributed by atoms with Gasteiger partial charge in [-0.1, -0.05) is 22.0 Å². The second-order valence-corrected chi connectivity index (χ2v) is 5.06. The van der Waals surface area contributed by atoms with Crippen molar-refractivity contribution in [2.45, 2.75) is 31.0 Å². The Balaban J connectivity index is 2.37. The standard InChI is InChI=1S/C11H11BrF3N/c12-9-6-7(11(13,14)15)2-3-8(9)10(16)4-1-5-10/h2-3,6H,1,4-5,16H2. The van der Waals surface area contributed by atoms with Gasteiger partial charge in [0.15, 0.2) is 0 Å². The summed E-state index contributed by atoms with van der Waals surface area (Å²) in [6.45, 7) is 0. The van der Waals surface area contributed by atoms with Crippen LogP contribution in [-0.4, -0.2) is 0 Å². The Labute approximate surface area is 100.0 Å². The lowest BCUT2D eigenvalue weighted by molar-refractivity contribution is -0.137. The quantitative estimate of drug-likeness (QED) is 0.837. The van der Waals surface area contributed by atoms with E-state index in [4.69, 9.17) is 5.73 Å². The Bertz CT molecular complexity index is 410. The molecule has 0 radical (unpaired) electrons. The molecule has 5 heteroatoms. The monoisotopic (exact) mass is 293 g/mol. The molecule has 1 nitrogen and oxygen atoms in total. The van der Waals surface area contributed by atoms with Gasteiger partial charge in [-0.3, -0.25) is 0 Å². The fourth-order valence-electron chi connectivity index (χ4n) is 1.92. The lowest BCUT2D eigenvalue weighted by Gasteiger charge is -2.39. The van der Waals surface area contributed by atoms with E-state index in [0.29, 0.717) is 4.47 Å². The fourth-order valence-corrected chi connectivity index (χ4v) is 2.70. The summed E-state index contributed by atoms with van der Waals surface area (Å²) in [5.74, 6) is 0. The minimum atomic E-state index is -4.30. The molecule has 0 amide bonds. The van der Waals surface area contributed by atoms with Gasteiger partial charge in [0, 0.05) is 10.0 Å². The van der Waals surface area contributed by atoms with Crippen LogP contribution in [0.4, 0.5) is 13.2 Å². The van der Waals surface area contributed by atoms with Gasteiger partial charge in [0.1, 0.15) is 0 Å². The van der Waals surface area contributed by atoms with Gasteiger partial charge in [0.2, 0.25) is 0 Å². The molecule has 1 aliphatic rings. The van der Waals surface area contributed by atoms with E-state index < -0.39 is 17.3 Å². The lowest BCUT2D eigenvalue weighted by atomic mass is 9.72. The fraction of sp³-hybridized carbons (Fsp3) is 0.455. The number of rotatable bonds is 1. The first-order valence-corrected chi connectivity index (χ1v) is 5.78. The average Bonchev–Trinajstić information content (AvgIpc) is 2.12. The van der Waals surface area contributed by atoms with E-state index >= 15 is 0 Å². The zero-order chi connectivity index (χ0) is 12.0. The smallest absolute Gasteiger partial charge is 0.321 e. The molecular weight excluding hydrogens is 283 g/mol. The van der Waals surface area contributed by atoms with Crippen molar-refractivity contribution in [2.75, 3.05) is 0 Å². The molecule has 1 fully saturated rings. The molecule has 1 aliphatic carbocycles. The normalized spacial score (nSPS) is 19.3. The Morgan fingerprint density at radius 2 is 1.88 bits per heavy atom. The van der Waals surface area contributed by atoms with Crippen LogP contribution in [0.3, 0.4) is 0 Å². The summed E-state index contributed by atoms with van der Waals surface area (Å²) in [5, 5.41) is 0. The molecule has 16 heavy (non-hydrogen) atoms. The molecule has 0 unspecified atom stereocenters. The van der Waals surface area contributed by atoms with Gasteiger partial charge in [-0.2, -0.15) is 13.2 Å². The molecule has 0 bridgehead atoms. The van der Waals surface area contributed by atoms with Gasteiger partial charge < -0.3 is 5.73 Å². The van der Waals surface area contributed by atoms with E-state index in [0.717, 1.165) is 37.0 Å². The average molecular weight is 294 g/mol. The van der Waals surface area contributed by atoms with Crippen LogP contribution >= 0.6 is 15.9 Å². The Morgan fingerprint density at radius 3 is 2.25 bits per heavy atom. The summed E-state index contributed by atoms with van der Waals surface area (Å²) in [6, 6.07) is 3.67. The highest BCUT2D eigenvalue weighted by Crippen LogP contribution is 2.43. The highest BCUT2D eigenvalue weighted by molar-refractivity contribution is 9.10. The summed E-state index contributed by atoms with van der Waals surface area (Å²) in [5.41, 5.74) is 5.75. The largest absolute Gasteiger partial charge is 0.416 e. The van der Waals surface area contributed by atoms with Crippen molar-refractivity contribution in [1.29, 1.82) is 0 Å². The molecule has 0 atom stereocenters. The number of nitrogens with two attached hydrogens (primary N) is 1. The molecule has 88 valence electrons. The molecule has 2 rings (SSSR count). The maximum Gasteiger partial charge on any atom is 0.416 e. The predicted octanol–water partition coefficient (Wildman–Crippen LogP) is 3.81. The van der Waals surface area contributed by atoms with E-state index in [1.54, 1.807) is 0 Å². The van der Waals surface area contributed by atoms with Gasteiger partial charge in [0.25, 0.3) is 0 Å². The number of hydrogen-bond donors (Lipinski definition) is 1. The van der Waals surface area contributed by atoms with Gasteiger partial charge in [-0.25, -0.2) is 0 Å². The molecule has 1 aromatic carbocycles. The van der Waals surface area contributed by atoms with Crippen LogP contribution in [0.15, 0.2) is 22.7 Å². The number of alkyl halides is 3. The van der Waals surface area contributed by atoms with Crippen LogP contribution < -0.4 is 5.73 Å². The van der Waals surface area contributed by atoms with Crippen molar-refractivity contribution in [3.63, 3.8) is 0 Å². The van der Waals surface area contributed by atoms with E-state index in [9.17, 15) is 13.2 Å². The van der Waals surface area contributed by atoms with Gasteiger partial charge in [-0.15, -0.1) is 0 Å². The molecule has 1 aromatic rings. The Kier molecular flexibility index (Phi) is 2.78. The zero-order valence-electron chi connectivity index (χ0n) is 8.44. The Hall–Kier alpha value is -0.550. The number of benzene rings is 1. The van der Waals surface area contributed by atoms with Gasteiger partial charge in [0.05, 0.1) is 5.56 Å². The first kappa shape index (κ1) is 11.9. The Morgan fingerprint density at radius 1 is 1.25 bits per heavy atom. The first-order chi connectivity index (χ1) is 7.33. The minimum absolute atomic E-state index is 0.442. The molecule has 0 aliphatic heterocycles. The molecule has 2 N–H and O–H groups in total. The van der Waals surface area contributed by atoms with Crippen molar-refractivity contribution < 1.29 is 13.2 Å². The molecule has 0 spiro atoms. The van der Waals surface area contributed by atoms with Crippen molar-refractivity contribution in [3.8, 4) is 0 Å². The lowest BCUT2D eigenvalue weighted by Crippen LogP contribution is -2.43. The van der Waals surface area contributed by atoms with Crippen LogP contribution in [0.5, 0.6) is 0 Å². The topological polar surface area (TPSA) is 26.0 Å². The van der Waals surface area contributed by atoms with E-state index in [1.165, 1.54) is 6.07 Å². The van der Waals surface area contributed by atoms with Crippen molar-refractivity contribution >= 4 is 15.9 Å². The third-order valence-electron chi connectivity index (χ3n) is 3.08. The van der Waals surface area contributed by atoms with Gasteiger partial charge >= 0.3 is 6.18 Å². The molecule has 0 saturated heterocycles. The van der Waals surface area contributed by atoms with Gasteiger partial charge in [-0.05, 0) is 37.0 Å². The number of halogens is 4. The van der Waals surface area contributed by atoms with Crippen LogP contribution in [0.2, 0.25) is 0 Å². The minimum Gasteiger partial charge on any atom is -0.321 e. The second kappa shape index (κ2) is 3.74. The summed E-state index contributed by atoms with van der Waals surface area (Å²) < 4.78 is 37.8. The highest BCUT2D eigenvalue weighted by Gasteiger charge is 2.37. The summed E-state index contributed by atoms with van der Waals surface area (Å²) in [4.78, 5) is 0. The number of hydrogen-bond acceptors (Lipinski definition) is 1. The summed E-state index contributed by atoms with van der Waals surface area (Å²) in [7, 11) is 0. The molecule has 0 aromatic heterocycles. The van der Waals surface area contributed by atoms with Crippen LogP contribution in [0.1, 0.15) is 30.4 Å². The maximum atomic E-state index is 12.4. The van der Waals surface area contributed by atoms with E-state index in [2.05, 4.69) is 15.9 Å².